The molecule has 0 amide bonds. The van der Waals surface area contributed by atoms with E-state index in [0.717, 1.165) is 18.8 Å². The molecule has 1 aromatic rings. The largest absolute Gasteiger partial charge is 0.371 e. The Morgan fingerprint density at radius 1 is 1.47 bits per heavy atom. The van der Waals surface area contributed by atoms with Crippen LogP contribution >= 0.6 is 15.9 Å². The Labute approximate surface area is 125 Å². The van der Waals surface area contributed by atoms with Gasteiger partial charge in [0.05, 0.1) is 0 Å². The SMILES string of the molecule is CCC(N)Cc1ccc(N2CCCC(C)C2)cc1Br. The molecule has 2 rings (SSSR count). The lowest BCUT2D eigenvalue weighted by atomic mass is 9.99. The summed E-state index contributed by atoms with van der Waals surface area (Å²) in [7, 11) is 0. The van der Waals surface area contributed by atoms with Gasteiger partial charge in [-0.05, 0) is 49.3 Å². The maximum absolute atomic E-state index is 6.04. The molecule has 0 saturated carbocycles. The number of nitrogens with zero attached hydrogens (tertiary/aromatic N) is 1. The van der Waals surface area contributed by atoms with Crippen molar-refractivity contribution < 1.29 is 0 Å². The van der Waals surface area contributed by atoms with E-state index >= 15 is 0 Å². The zero-order chi connectivity index (χ0) is 13.8. The molecule has 2 nitrogen and oxygen atoms in total. The quantitative estimate of drug-likeness (QED) is 0.908. The molecule has 0 aliphatic carbocycles. The van der Waals surface area contributed by atoms with Gasteiger partial charge in [-0.3, -0.25) is 0 Å². The molecule has 2 unspecified atom stereocenters. The van der Waals surface area contributed by atoms with Crippen LogP contribution in [0.4, 0.5) is 5.69 Å². The van der Waals surface area contributed by atoms with Crippen LogP contribution in [-0.2, 0) is 6.42 Å². The molecule has 1 fully saturated rings. The molecular formula is C16H25BrN2. The van der Waals surface area contributed by atoms with Crippen LogP contribution in [0.3, 0.4) is 0 Å². The van der Waals surface area contributed by atoms with Crippen LogP contribution in [0, 0.1) is 5.92 Å². The number of rotatable bonds is 4. The summed E-state index contributed by atoms with van der Waals surface area (Å²) in [6.45, 7) is 6.85. The smallest absolute Gasteiger partial charge is 0.0377 e. The Balaban J connectivity index is 2.09. The van der Waals surface area contributed by atoms with Crippen LogP contribution in [0.15, 0.2) is 22.7 Å². The summed E-state index contributed by atoms with van der Waals surface area (Å²) < 4.78 is 1.20. The molecule has 0 radical (unpaired) electrons. The van der Waals surface area contributed by atoms with Crippen molar-refractivity contribution in [3.8, 4) is 0 Å². The minimum Gasteiger partial charge on any atom is -0.371 e. The Kier molecular flexibility index (Phi) is 5.28. The molecule has 3 heteroatoms. The molecule has 0 bridgehead atoms. The number of anilines is 1. The average molecular weight is 325 g/mol. The van der Waals surface area contributed by atoms with E-state index in [0.29, 0.717) is 0 Å². The van der Waals surface area contributed by atoms with Gasteiger partial charge in [-0.1, -0.05) is 35.8 Å². The van der Waals surface area contributed by atoms with Crippen molar-refractivity contribution in [2.75, 3.05) is 18.0 Å². The van der Waals surface area contributed by atoms with Gasteiger partial charge in [0, 0.05) is 29.3 Å². The molecule has 19 heavy (non-hydrogen) atoms. The third-order valence-electron chi connectivity index (χ3n) is 4.07. The summed E-state index contributed by atoms with van der Waals surface area (Å²) in [6, 6.07) is 7.00. The second kappa shape index (κ2) is 6.76. The third-order valence-corrected chi connectivity index (χ3v) is 4.80. The number of halogens is 1. The van der Waals surface area contributed by atoms with E-state index in [2.05, 4.69) is 52.9 Å². The summed E-state index contributed by atoms with van der Waals surface area (Å²) in [5.41, 5.74) is 8.70. The predicted octanol–water partition coefficient (Wildman–Crippen LogP) is 3.97. The highest BCUT2D eigenvalue weighted by molar-refractivity contribution is 9.10. The number of benzene rings is 1. The van der Waals surface area contributed by atoms with Gasteiger partial charge in [-0.2, -0.15) is 0 Å². The van der Waals surface area contributed by atoms with Crippen LogP contribution in [0.25, 0.3) is 0 Å². The predicted molar refractivity (Wildman–Crippen MR) is 86.7 cm³/mol. The zero-order valence-electron chi connectivity index (χ0n) is 12.0. The molecule has 1 aromatic carbocycles. The van der Waals surface area contributed by atoms with Crippen molar-refractivity contribution in [3.63, 3.8) is 0 Å². The second-order valence-corrected chi connectivity index (χ2v) is 6.70. The molecular weight excluding hydrogens is 300 g/mol. The topological polar surface area (TPSA) is 29.3 Å². The number of hydrogen-bond acceptors (Lipinski definition) is 2. The summed E-state index contributed by atoms with van der Waals surface area (Å²) in [6.07, 6.45) is 4.65. The van der Waals surface area contributed by atoms with Gasteiger partial charge in [0.25, 0.3) is 0 Å². The van der Waals surface area contributed by atoms with E-state index in [1.54, 1.807) is 0 Å². The zero-order valence-corrected chi connectivity index (χ0v) is 13.6. The van der Waals surface area contributed by atoms with Crippen LogP contribution in [-0.4, -0.2) is 19.1 Å². The Morgan fingerprint density at radius 2 is 2.26 bits per heavy atom. The Bertz CT molecular complexity index is 419. The van der Waals surface area contributed by atoms with Crippen molar-refractivity contribution in [3.05, 3.63) is 28.2 Å². The van der Waals surface area contributed by atoms with E-state index in [4.69, 9.17) is 5.73 Å². The Hall–Kier alpha value is -0.540. The molecule has 106 valence electrons. The fraction of sp³-hybridized carbons (Fsp3) is 0.625. The highest BCUT2D eigenvalue weighted by Gasteiger charge is 2.17. The van der Waals surface area contributed by atoms with Gasteiger partial charge in [0.2, 0.25) is 0 Å². The van der Waals surface area contributed by atoms with E-state index in [9.17, 15) is 0 Å². The average Bonchev–Trinajstić information content (AvgIpc) is 2.41. The van der Waals surface area contributed by atoms with Gasteiger partial charge in [-0.25, -0.2) is 0 Å². The standard InChI is InChI=1S/C16H25BrN2/c1-3-14(18)9-13-6-7-15(10-16(13)17)19-8-4-5-12(2)11-19/h6-7,10,12,14H,3-5,8-9,11,18H2,1-2H3. The molecule has 1 aliphatic rings. The number of nitrogens with two attached hydrogens (primary N) is 1. The summed E-state index contributed by atoms with van der Waals surface area (Å²) in [5.74, 6) is 0.806. The first-order chi connectivity index (χ1) is 9.10. The van der Waals surface area contributed by atoms with Gasteiger partial charge >= 0.3 is 0 Å². The van der Waals surface area contributed by atoms with Gasteiger partial charge in [-0.15, -0.1) is 0 Å². The van der Waals surface area contributed by atoms with Crippen LogP contribution in [0.1, 0.15) is 38.7 Å². The minimum absolute atomic E-state index is 0.261. The van der Waals surface area contributed by atoms with Crippen molar-refractivity contribution in [1.82, 2.24) is 0 Å². The molecule has 0 aromatic heterocycles. The highest BCUT2D eigenvalue weighted by Crippen LogP contribution is 2.28. The molecule has 1 saturated heterocycles. The molecule has 0 spiro atoms. The van der Waals surface area contributed by atoms with Crippen molar-refractivity contribution in [1.29, 1.82) is 0 Å². The first kappa shape index (κ1) is 14.9. The normalized spacial score (nSPS) is 21.5. The molecule has 1 heterocycles. The molecule has 2 atom stereocenters. The Morgan fingerprint density at radius 3 is 2.89 bits per heavy atom. The van der Waals surface area contributed by atoms with E-state index in [1.165, 1.54) is 41.7 Å². The lowest BCUT2D eigenvalue weighted by Crippen LogP contribution is -2.34. The van der Waals surface area contributed by atoms with Crippen molar-refractivity contribution >= 4 is 21.6 Å². The number of piperidine rings is 1. The second-order valence-electron chi connectivity index (χ2n) is 5.84. The maximum atomic E-state index is 6.04. The monoisotopic (exact) mass is 324 g/mol. The van der Waals surface area contributed by atoms with Crippen molar-refractivity contribution in [2.24, 2.45) is 11.7 Å². The van der Waals surface area contributed by atoms with E-state index in [-0.39, 0.29) is 6.04 Å². The summed E-state index contributed by atoms with van der Waals surface area (Å²) in [5, 5.41) is 0. The minimum atomic E-state index is 0.261. The maximum Gasteiger partial charge on any atom is 0.0377 e. The van der Waals surface area contributed by atoms with Crippen LogP contribution in [0.2, 0.25) is 0 Å². The number of hydrogen-bond donors (Lipinski definition) is 1. The van der Waals surface area contributed by atoms with Crippen LogP contribution < -0.4 is 10.6 Å². The molecule has 2 N–H and O–H groups in total. The van der Waals surface area contributed by atoms with Gasteiger partial charge in [0.1, 0.15) is 0 Å². The van der Waals surface area contributed by atoms with Crippen LogP contribution in [0.5, 0.6) is 0 Å². The molecule has 1 aliphatic heterocycles. The summed E-state index contributed by atoms with van der Waals surface area (Å²) in [4.78, 5) is 2.50. The first-order valence-electron chi connectivity index (χ1n) is 7.39. The first-order valence-corrected chi connectivity index (χ1v) is 8.18. The lowest BCUT2D eigenvalue weighted by Gasteiger charge is -2.33. The van der Waals surface area contributed by atoms with E-state index < -0.39 is 0 Å². The lowest BCUT2D eigenvalue weighted by molar-refractivity contribution is 0.447. The fourth-order valence-electron chi connectivity index (χ4n) is 2.75. The van der Waals surface area contributed by atoms with Gasteiger partial charge < -0.3 is 10.6 Å². The van der Waals surface area contributed by atoms with Crippen molar-refractivity contribution in [2.45, 2.75) is 45.6 Å². The summed E-state index contributed by atoms with van der Waals surface area (Å²) >= 11 is 3.70. The fourth-order valence-corrected chi connectivity index (χ4v) is 3.28. The highest BCUT2D eigenvalue weighted by atomic mass is 79.9. The third kappa shape index (κ3) is 3.96. The van der Waals surface area contributed by atoms with Gasteiger partial charge in [0.15, 0.2) is 0 Å². The van der Waals surface area contributed by atoms with E-state index in [1.807, 2.05) is 0 Å².